The van der Waals surface area contributed by atoms with Gasteiger partial charge in [-0.05, 0) is 25.5 Å². The molecule has 0 fully saturated rings. The molecule has 0 saturated heterocycles. The number of ether oxygens (including phenoxy) is 1. The van der Waals surface area contributed by atoms with Gasteiger partial charge in [0.05, 0.1) is 19.0 Å². The second kappa shape index (κ2) is 5.73. The number of nitrogens with zero attached hydrogens (tertiary/aromatic N) is 3. The maximum absolute atomic E-state index is 11.3. The van der Waals surface area contributed by atoms with E-state index < -0.39 is 12.0 Å². The second-order valence-corrected chi connectivity index (χ2v) is 4.53. The predicted molar refractivity (Wildman–Crippen MR) is 73.7 cm³/mol. The molecule has 20 heavy (non-hydrogen) atoms. The summed E-state index contributed by atoms with van der Waals surface area (Å²) in [5, 5.41) is 17.0. The van der Waals surface area contributed by atoms with Crippen molar-refractivity contribution in [3.05, 3.63) is 30.0 Å². The van der Waals surface area contributed by atoms with Gasteiger partial charge in [0.15, 0.2) is 6.04 Å². The van der Waals surface area contributed by atoms with Gasteiger partial charge in [-0.25, -0.2) is 9.48 Å². The van der Waals surface area contributed by atoms with Crippen molar-refractivity contribution in [1.29, 1.82) is 0 Å². The molecular weight excluding hydrogens is 258 g/mol. The summed E-state index contributed by atoms with van der Waals surface area (Å²) in [5.41, 5.74) is 2.48. The largest absolute Gasteiger partial charge is 0.496 e. The Morgan fingerprint density at radius 1 is 1.50 bits per heavy atom. The molecule has 2 rings (SSSR count). The fourth-order valence-corrected chi connectivity index (χ4v) is 2.14. The molecule has 1 unspecified atom stereocenters. The Hall–Kier alpha value is -2.37. The minimum absolute atomic E-state index is 0.430. The first kappa shape index (κ1) is 14.0. The maximum Gasteiger partial charge on any atom is 0.328 e. The van der Waals surface area contributed by atoms with Crippen LogP contribution in [0.1, 0.15) is 24.9 Å². The van der Waals surface area contributed by atoms with E-state index in [0.29, 0.717) is 17.9 Å². The molecular formula is C14H17N3O3. The number of aryl methyl sites for hydroxylation is 1. The number of aliphatic carboxylic acids is 1. The molecule has 0 saturated carbocycles. The Morgan fingerprint density at radius 2 is 2.25 bits per heavy atom. The number of benzene rings is 1. The summed E-state index contributed by atoms with van der Waals surface area (Å²) >= 11 is 0. The molecule has 0 radical (unpaired) electrons. The van der Waals surface area contributed by atoms with E-state index in [-0.39, 0.29) is 0 Å². The van der Waals surface area contributed by atoms with E-state index in [9.17, 15) is 9.90 Å². The summed E-state index contributed by atoms with van der Waals surface area (Å²) in [5.74, 6) is -0.259. The third kappa shape index (κ3) is 2.49. The summed E-state index contributed by atoms with van der Waals surface area (Å²) < 4.78 is 6.77. The van der Waals surface area contributed by atoms with E-state index in [4.69, 9.17) is 4.74 Å². The summed E-state index contributed by atoms with van der Waals surface area (Å²) in [6, 6.07) is 4.98. The highest BCUT2D eigenvalue weighted by molar-refractivity contribution is 5.74. The van der Waals surface area contributed by atoms with Crippen molar-refractivity contribution in [2.24, 2.45) is 0 Å². The van der Waals surface area contributed by atoms with Crippen LogP contribution in [-0.4, -0.2) is 33.2 Å². The monoisotopic (exact) mass is 275 g/mol. The summed E-state index contributed by atoms with van der Waals surface area (Å²) in [7, 11) is 1.58. The van der Waals surface area contributed by atoms with Crippen molar-refractivity contribution >= 4 is 5.97 Å². The van der Waals surface area contributed by atoms with Crippen LogP contribution in [0.4, 0.5) is 0 Å². The Morgan fingerprint density at radius 3 is 2.85 bits per heavy atom. The lowest BCUT2D eigenvalue weighted by atomic mass is 10.1. The smallest absolute Gasteiger partial charge is 0.328 e. The molecule has 0 aliphatic carbocycles. The Bertz CT molecular complexity index is 622. The minimum atomic E-state index is -0.925. The van der Waals surface area contributed by atoms with Crippen LogP contribution in [0.3, 0.4) is 0 Å². The molecule has 106 valence electrons. The highest BCUT2D eigenvalue weighted by Gasteiger charge is 2.23. The van der Waals surface area contributed by atoms with E-state index in [1.807, 2.05) is 25.1 Å². The van der Waals surface area contributed by atoms with Gasteiger partial charge >= 0.3 is 5.97 Å². The zero-order chi connectivity index (χ0) is 14.7. The molecule has 0 spiro atoms. The molecule has 0 aliphatic heterocycles. The highest BCUT2D eigenvalue weighted by Crippen LogP contribution is 2.32. The van der Waals surface area contributed by atoms with Crippen molar-refractivity contribution in [2.75, 3.05) is 7.11 Å². The van der Waals surface area contributed by atoms with Crippen LogP contribution in [0.15, 0.2) is 24.4 Å². The predicted octanol–water partition coefficient (Wildman–Crippen LogP) is 2.30. The fraction of sp³-hybridized carbons (Fsp3) is 0.357. The molecule has 1 heterocycles. The first-order valence-electron chi connectivity index (χ1n) is 6.36. The van der Waals surface area contributed by atoms with Gasteiger partial charge in [0, 0.05) is 5.56 Å². The summed E-state index contributed by atoms with van der Waals surface area (Å²) in [4.78, 5) is 11.3. The minimum Gasteiger partial charge on any atom is -0.496 e. The SMILES string of the molecule is CCC(C(=O)O)n1nncc1-c1cc(C)ccc1OC. The quantitative estimate of drug-likeness (QED) is 0.906. The molecule has 0 amide bonds. The van der Waals surface area contributed by atoms with Crippen LogP contribution in [0.25, 0.3) is 11.3 Å². The van der Waals surface area contributed by atoms with Crippen molar-refractivity contribution < 1.29 is 14.6 Å². The third-order valence-corrected chi connectivity index (χ3v) is 3.17. The second-order valence-electron chi connectivity index (χ2n) is 4.53. The number of carboxylic acid groups (broad SMARTS) is 1. The van der Waals surface area contributed by atoms with Crippen LogP contribution < -0.4 is 4.74 Å². The molecule has 0 aliphatic rings. The maximum atomic E-state index is 11.3. The van der Waals surface area contributed by atoms with E-state index in [2.05, 4.69) is 10.3 Å². The highest BCUT2D eigenvalue weighted by atomic mass is 16.5. The van der Waals surface area contributed by atoms with Gasteiger partial charge in [-0.1, -0.05) is 23.8 Å². The van der Waals surface area contributed by atoms with Crippen molar-refractivity contribution in [2.45, 2.75) is 26.3 Å². The average molecular weight is 275 g/mol. The zero-order valence-electron chi connectivity index (χ0n) is 11.7. The molecule has 6 nitrogen and oxygen atoms in total. The van der Waals surface area contributed by atoms with Crippen molar-refractivity contribution in [3.8, 4) is 17.0 Å². The molecule has 1 aromatic carbocycles. The van der Waals surface area contributed by atoms with Gasteiger partial charge in [-0.2, -0.15) is 0 Å². The van der Waals surface area contributed by atoms with Gasteiger partial charge in [0.1, 0.15) is 5.75 Å². The number of methoxy groups -OCH3 is 1. The molecule has 1 atom stereocenters. The topological polar surface area (TPSA) is 77.2 Å². The summed E-state index contributed by atoms with van der Waals surface area (Å²) in [6.07, 6.45) is 1.99. The standard InChI is InChI=1S/C14H17N3O3/c1-4-11(14(18)19)17-12(8-15-16-17)10-7-9(2)5-6-13(10)20-3/h5-8,11H,4H2,1-3H3,(H,18,19). The summed E-state index contributed by atoms with van der Waals surface area (Å²) in [6.45, 7) is 3.77. The normalized spacial score (nSPS) is 12.2. The average Bonchev–Trinajstić information content (AvgIpc) is 2.88. The Kier molecular flexibility index (Phi) is 4.02. The number of hydrogen-bond acceptors (Lipinski definition) is 4. The lowest BCUT2D eigenvalue weighted by molar-refractivity contribution is -0.141. The van der Waals surface area contributed by atoms with Crippen LogP contribution in [0.5, 0.6) is 5.75 Å². The Balaban J connectivity index is 2.57. The Labute approximate surface area is 117 Å². The fourth-order valence-electron chi connectivity index (χ4n) is 2.14. The first-order valence-corrected chi connectivity index (χ1v) is 6.36. The number of aromatic nitrogens is 3. The molecule has 0 bridgehead atoms. The molecule has 1 N–H and O–H groups in total. The number of carboxylic acids is 1. The zero-order valence-corrected chi connectivity index (χ0v) is 11.7. The van der Waals surface area contributed by atoms with Gasteiger partial charge in [0.2, 0.25) is 0 Å². The van der Waals surface area contributed by atoms with Crippen molar-refractivity contribution in [3.63, 3.8) is 0 Å². The lowest BCUT2D eigenvalue weighted by Crippen LogP contribution is -2.20. The van der Waals surface area contributed by atoms with Gasteiger partial charge in [0.25, 0.3) is 0 Å². The van der Waals surface area contributed by atoms with Crippen LogP contribution >= 0.6 is 0 Å². The molecule has 6 heteroatoms. The van der Waals surface area contributed by atoms with Crippen LogP contribution in [0, 0.1) is 6.92 Å². The molecule has 2 aromatic rings. The number of carbonyl (C=O) groups is 1. The number of rotatable bonds is 5. The van der Waals surface area contributed by atoms with E-state index in [1.165, 1.54) is 4.68 Å². The van der Waals surface area contributed by atoms with Crippen LogP contribution in [-0.2, 0) is 4.79 Å². The van der Waals surface area contributed by atoms with Gasteiger partial charge < -0.3 is 9.84 Å². The van der Waals surface area contributed by atoms with E-state index in [1.54, 1.807) is 20.2 Å². The number of hydrogen-bond donors (Lipinski definition) is 1. The van der Waals surface area contributed by atoms with Crippen LogP contribution in [0.2, 0.25) is 0 Å². The third-order valence-electron chi connectivity index (χ3n) is 3.17. The van der Waals surface area contributed by atoms with Crippen molar-refractivity contribution in [1.82, 2.24) is 15.0 Å². The van der Waals surface area contributed by atoms with Gasteiger partial charge in [-0.15, -0.1) is 5.10 Å². The molecule has 1 aromatic heterocycles. The lowest BCUT2D eigenvalue weighted by Gasteiger charge is -2.15. The van der Waals surface area contributed by atoms with E-state index >= 15 is 0 Å². The van der Waals surface area contributed by atoms with Gasteiger partial charge in [-0.3, -0.25) is 0 Å². The van der Waals surface area contributed by atoms with E-state index in [0.717, 1.165) is 11.1 Å². The first-order chi connectivity index (χ1) is 9.58.